The number of amides is 3. The van der Waals surface area contributed by atoms with E-state index in [1.165, 1.54) is 47.8 Å². The minimum Gasteiger partial charge on any atom is -0.477 e. The molecule has 1 unspecified atom stereocenters. The third-order valence-corrected chi connectivity index (χ3v) is 9.78. The number of halogens is 2. The molecular weight excluding hydrogens is 721 g/mol. The highest BCUT2D eigenvalue weighted by atomic mass is 35.5. The molecule has 23 heteroatoms. The number of nitrogens with two attached hydrogens (primary N) is 2. The number of aliphatic hydroxyl groups is 1. The van der Waals surface area contributed by atoms with Gasteiger partial charge in [0.2, 0.25) is 5.60 Å². The second-order valence-corrected chi connectivity index (χ2v) is 13.3. The lowest BCUT2D eigenvalue weighted by Crippen LogP contribution is -2.71. The van der Waals surface area contributed by atoms with Gasteiger partial charge >= 0.3 is 5.97 Å². The van der Waals surface area contributed by atoms with Crippen LogP contribution in [0.4, 0.5) is 5.13 Å². The number of carbonyl (C=O) groups excluding carboxylic acids is 3. The summed E-state index contributed by atoms with van der Waals surface area (Å²) in [6.07, 6.45) is 3.45. The van der Waals surface area contributed by atoms with Crippen LogP contribution in [-0.4, -0.2) is 100 Å². The Kier molecular flexibility index (Phi) is 12.2. The number of thioether (sulfide) groups is 2. The van der Waals surface area contributed by atoms with Crippen molar-refractivity contribution in [3.63, 3.8) is 0 Å². The average molecular weight is 753 g/mol. The summed E-state index contributed by atoms with van der Waals surface area (Å²) in [4.78, 5) is 66.1. The number of nitrogens with one attached hydrogen (secondary N) is 3. The Bertz CT molecular complexity index is 1610. The number of hydrogen-bond donors (Lipinski definition) is 7. The molecule has 0 bridgehead atoms. The molecule has 0 radical (unpaired) electrons. The number of fused-ring (bicyclic) bond motifs is 2. The van der Waals surface area contributed by atoms with E-state index in [1.807, 2.05) is 18.4 Å². The molecule has 9 N–H and O–H groups in total. The first-order valence-electron chi connectivity index (χ1n) is 13.1. The molecule has 5 heterocycles. The zero-order valence-corrected chi connectivity index (χ0v) is 28.9. The van der Waals surface area contributed by atoms with Crippen LogP contribution in [0.2, 0.25) is 0 Å². The van der Waals surface area contributed by atoms with Gasteiger partial charge in [0.1, 0.15) is 29.5 Å². The topological polar surface area (TPSA) is 253 Å². The molecule has 0 aromatic carbocycles. The molecule has 1 aromatic heterocycles. The van der Waals surface area contributed by atoms with Crippen molar-refractivity contribution in [2.75, 3.05) is 24.0 Å². The fourth-order valence-electron chi connectivity index (χ4n) is 4.42. The van der Waals surface area contributed by atoms with Gasteiger partial charge in [0.05, 0.1) is 11.2 Å². The third-order valence-electron chi connectivity index (χ3n) is 6.68. The minimum atomic E-state index is -1.56. The van der Waals surface area contributed by atoms with Gasteiger partial charge in [-0.2, -0.15) is 0 Å². The van der Waals surface area contributed by atoms with Crippen LogP contribution in [-0.2, 0) is 24.0 Å². The van der Waals surface area contributed by atoms with E-state index in [-0.39, 0.29) is 65.3 Å². The van der Waals surface area contributed by atoms with E-state index in [4.69, 9.17) is 16.4 Å². The first-order valence-corrected chi connectivity index (χ1v) is 16.0. The largest absolute Gasteiger partial charge is 0.477 e. The predicted molar refractivity (Wildman–Crippen MR) is 180 cm³/mol. The molecule has 47 heavy (non-hydrogen) atoms. The van der Waals surface area contributed by atoms with Crippen molar-refractivity contribution >= 4 is 99.9 Å². The molecule has 2 atom stereocenters. The summed E-state index contributed by atoms with van der Waals surface area (Å²) in [5.41, 5.74) is 9.90. The van der Waals surface area contributed by atoms with Crippen LogP contribution in [0, 0.1) is 0 Å². The number of anilines is 1. The fraction of sp³-hybridized carbons (Fsp3) is 0.375. The molecule has 1 aromatic rings. The Balaban J connectivity index is 0.00000300. The van der Waals surface area contributed by atoms with E-state index >= 15 is 0 Å². The van der Waals surface area contributed by atoms with Crippen LogP contribution in [0.3, 0.4) is 0 Å². The van der Waals surface area contributed by atoms with Crippen molar-refractivity contribution in [3.8, 4) is 0 Å². The van der Waals surface area contributed by atoms with E-state index in [0.717, 1.165) is 27.0 Å². The number of aliphatic hydroxyl groups excluding tert-OH is 1. The van der Waals surface area contributed by atoms with Gasteiger partial charge in [-0.25, -0.2) is 25.6 Å². The molecular formula is C24H31Cl2N11O7S3. The Hall–Kier alpha value is -3.57. The number of hydrazine groups is 3. The summed E-state index contributed by atoms with van der Waals surface area (Å²) in [6.45, 7) is 4.30. The summed E-state index contributed by atoms with van der Waals surface area (Å²) in [5, 5.41) is 30.8. The number of nitrogens with zero attached hydrogens (tertiary/aromatic N) is 6. The molecule has 4 aliphatic rings. The minimum absolute atomic E-state index is 0. The molecule has 0 spiro atoms. The maximum absolute atomic E-state index is 13.4. The van der Waals surface area contributed by atoms with E-state index in [1.54, 1.807) is 11.2 Å². The van der Waals surface area contributed by atoms with Crippen molar-refractivity contribution in [2.45, 2.75) is 37.8 Å². The van der Waals surface area contributed by atoms with E-state index in [0.29, 0.717) is 11.4 Å². The normalized spacial score (nSPS) is 20.4. The zero-order chi connectivity index (χ0) is 32.6. The molecule has 4 aliphatic heterocycles. The molecule has 5 rings (SSSR count). The van der Waals surface area contributed by atoms with Crippen LogP contribution >= 0.6 is 59.7 Å². The van der Waals surface area contributed by atoms with Crippen molar-refractivity contribution in [1.29, 1.82) is 0 Å². The Labute approximate surface area is 292 Å². The van der Waals surface area contributed by atoms with Gasteiger partial charge in [-0.3, -0.25) is 29.7 Å². The second kappa shape index (κ2) is 15.1. The number of carboxylic acids is 1. The summed E-state index contributed by atoms with van der Waals surface area (Å²) >= 11 is 3.69. The number of β-lactam (4-membered cyclic amide) rings is 1. The van der Waals surface area contributed by atoms with Gasteiger partial charge in [0.15, 0.2) is 16.7 Å². The van der Waals surface area contributed by atoms with Gasteiger partial charge in [-0.15, -0.1) is 65.2 Å². The zero-order valence-electron chi connectivity index (χ0n) is 24.8. The number of allylic oxidation sites excluding steroid dienone is 1. The summed E-state index contributed by atoms with van der Waals surface area (Å²) in [6, 6.07) is -1.07. The number of hydrogen-bond acceptors (Lipinski definition) is 17. The van der Waals surface area contributed by atoms with Crippen LogP contribution in [0.25, 0.3) is 0 Å². The quantitative estimate of drug-likeness (QED) is 0.0501. The summed E-state index contributed by atoms with van der Waals surface area (Å²) < 4.78 is 0. The molecule has 256 valence electrons. The highest BCUT2D eigenvalue weighted by molar-refractivity contribution is 8.03. The first kappa shape index (κ1) is 37.9. The van der Waals surface area contributed by atoms with Gasteiger partial charge in [-0.05, 0) is 32.4 Å². The third kappa shape index (κ3) is 7.62. The number of carboxylic acid groups (broad SMARTS) is 1. The van der Waals surface area contributed by atoms with Crippen molar-refractivity contribution in [2.24, 2.45) is 16.0 Å². The molecule has 3 amide bonds. The number of oxime groups is 1. The number of aliphatic carboxylic acids is 1. The molecule has 1 fully saturated rings. The van der Waals surface area contributed by atoms with E-state index < -0.39 is 40.7 Å². The van der Waals surface area contributed by atoms with Crippen molar-refractivity contribution in [3.05, 3.63) is 45.5 Å². The van der Waals surface area contributed by atoms with Gasteiger partial charge in [0, 0.05) is 22.6 Å². The van der Waals surface area contributed by atoms with Crippen LogP contribution in [0.1, 0.15) is 26.5 Å². The fourth-order valence-corrected chi connectivity index (χ4v) is 7.52. The Morgan fingerprint density at radius 1 is 1.32 bits per heavy atom. The average Bonchev–Trinajstić information content (AvgIpc) is 3.63. The maximum Gasteiger partial charge on any atom is 0.352 e. The molecule has 1 saturated heterocycles. The number of aromatic nitrogens is 1. The highest BCUT2D eigenvalue weighted by Crippen LogP contribution is 2.42. The molecule has 0 saturated carbocycles. The lowest BCUT2D eigenvalue weighted by molar-refractivity contribution is -0.150. The maximum atomic E-state index is 13.4. The number of thiazole rings is 1. The van der Waals surface area contributed by atoms with Crippen molar-refractivity contribution < 1.29 is 34.2 Å². The lowest BCUT2D eigenvalue weighted by atomic mass is 10.0. The van der Waals surface area contributed by atoms with Gasteiger partial charge < -0.3 is 26.1 Å². The van der Waals surface area contributed by atoms with Gasteiger partial charge in [0.25, 0.3) is 17.7 Å². The summed E-state index contributed by atoms with van der Waals surface area (Å²) in [7, 11) is 0. The highest BCUT2D eigenvalue weighted by Gasteiger charge is 2.54. The summed E-state index contributed by atoms with van der Waals surface area (Å²) in [5.74, 6) is 2.84. The monoisotopic (exact) mass is 751 g/mol. The van der Waals surface area contributed by atoms with Crippen LogP contribution in [0.15, 0.2) is 49.9 Å². The standard InChI is InChI=1S/C24H29N11O7S3.2ClH/c1-10-4-14(35-13(27-10)5-33(9-36)32-35)43-6-11-7-44-20-16(19(38)34(20)17(11)21(39)40)29-18(37)15(12-8-45-23(25)28-12)31-42-24(2,3)22(41)30-26;;/h4-5,8,16,20,32,36H,6-7,9,26H2,1-3H3,(H2,25,28)(H,29,37)(H,30,41)(H,39,40);2*1H/b31-15-;;/t16?,20-;;/m1../s1. The number of rotatable bonds is 11. The van der Waals surface area contributed by atoms with Crippen molar-refractivity contribution in [1.82, 2.24) is 36.2 Å². The Morgan fingerprint density at radius 3 is 2.66 bits per heavy atom. The molecule has 0 aliphatic carbocycles. The Morgan fingerprint density at radius 2 is 2.04 bits per heavy atom. The lowest BCUT2D eigenvalue weighted by Gasteiger charge is -2.49. The SMILES string of the molecule is CC1=NC2=CN(CO)NN2C(SCC2=C(C(=O)O)N3C(=O)C(NC(=O)/C(=N\OC(C)(C)C(=O)NN)c4csc(N)n4)[C@H]3SC2)=C1.Cl.Cl. The second-order valence-electron chi connectivity index (χ2n) is 10.3. The van der Waals surface area contributed by atoms with E-state index in [9.17, 15) is 29.4 Å². The van der Waals surface area contributed by atoms with Crippen LogP contribution < -0.4 is 27.9 Å². The smallest absolute Gasteiger partial charge is 0.352 e. The number of nitrogen functional groups attached to an aromatic ring is 1. The van der Waals surface area contributed by atoms with E-state index in [2.05, 4.69) is 26.0 Å². The molecule has 18 nitrogen and oxygen atoms in total. The first-order chi connectivity index (χ1) is 21.3. The number of aliphatic imine (C=N–C) groups is 1. The van der Waals surface area contributed by atoms with Crippen LogP contribution in [0.5, 0.6) is 0 Å². The number of carbonyl (C=O) groups is 4. The predicted octanol–water partition coefficient (Wildman–Crippen LogP) is -0.368. The van der Waals surface area contributed by atoms with Gasteiger partial charge in [-0.1, -0.05) is 5.16 Å².